The van der Waals surface area contributed by atoms with E-state index in [0.717, 1.165) is 5.75 Å². The number of methoxy groups -OCH3 is 1. The fraction of sp³-hybridized carbons (Fsp3) is 0.200. The van der Waals surface area contributed by atoms with Crippen molar-refractivity contribution < 1.29 is 28.5 Å². The minimum Gasteiger partial charge on any atom is -0.497 e. The number of rotatable bonds is 10. The summed E-state index contributed by atoms with van der Waals surface area (Å²) in [6.45, 7) is 2.06. The summed E-state index contributed by atoms with van der Waals surface area (Å²) >= 11 is 0. The van der Waals surface area contributed by atoms with E-state index >= 15 is 0 Å². The summed E-state index contributed by atoms with van der Waals surface area (Å²) in [5.74, 6) is 0.672. The first-order valence-corrected chi connectivity index (χ1v) is 10.1. The van der Waals surface area contributed by atoms with Crippen molar-refractivity contribution in [3.05, 3.63) is 84.4 Å². The van der Waals surface area contributed by atoms with Crippen LogP contribution in [0.3, 0.4) is 0 Å². The van der Waals surface area contributed by atoms with Crippen molar-refractivity contribution in [2.45, 2.75) is 13.0 Å². The molecule has 0 aliphatic rings. The molecule has 1 atom stereocenters. The molecule has 0 aliphatic carbocycles. The van der Waals surface area contributed by atoms with Crippen LogP contribution in [0.25, 0.3) is 0 Å². The minimum atomic E-state index is -1.00. The zero-order chi connectivity index (χ0) is 22.8. The van der Waals surface area contributed by atoms with E-state index in [1.165, 1.54) is 6.92 Å². The van der Waals surface area contributed by atoms with Crippen molar-refractivity contribution in [2.75, 3.05) is 25.6 Å². The van der Waals surface area contributed by atoms with E-state index in [1.54, 1.807) is 55.6 Å². The van der Waals surface area contributed by atoms with E-state index < -0.39 is 18.0 Å². The van der Waals surface area contributed by atoms with Crippen LogP contribution in [0.5, 0.6) is 17.2 Å². The standard InChI is InChI=1S/C25H25NO6/c1-18(24(27)26-19-12-14-20(29-2)15-13-19)32-25(28)22-10-6-7-11-23(22)31-17-16-30-21-8-4-3-5-9-21/h3-15,18H,16-17H2,1-2H3,(H,26,27). The Kier molecular flexibility index (Phi) is 8.09. The number of nitrogens with one attached hydrogen (secondary N) is 1. The van der Waals surface area contributed by atoms with Gasteiger partial charge in [-0.1, -0.05) is 30.3 Å². The molecule has 3 rings (SSSR count). The molecular weight excluding hydrogens is 410 g/mol. The van der Waals surface area contributed by atoms with Gasteiger partial charge in [-0.25, -0.2) is 4.79 Å². The molecule has 1 N–H and O–H groups in total. The normalized spacial score (nSPS) is 11.2. The van der Waals surface area contributed by atoms with Crippen molar-refractivity contribution >= 4 is 17.6 Å². The topological polar surface area (TPSA) is 83.1 Å². The maximum absolute atomic E-state index is 12.6. The first-order valence-electron chi connectivity index (χ1n) is 10.1. The van der Waals surface area contributed by atoms with Crippen LogP contribution in [-0.4, -0.2) is 38.3 Å². The third kappa shape index (κ3) is 6.50. The molecule has 166 valence electrons. The molecule has 0 saturated heterocycles. The number of anilines is 1. The number of carbonyl (C=O) groups is 2. The predicted molar refractivity (Wildman–Crippen MR) is 120 cm³/mol. The molecule has 0 aromatic heterocycles. The molecule has 7 heteroatoms. The maximum atomic E-state index is 12.6. The van der Waals surface area contributed by atoms with E-state index in [2.05, 4.69) is 5.32 Å². The molecule has 0 spiro atoms. The van der Waals surface area contributed by atoms with Gasteiger partial charge in [0.2, 0.25) is 0 Å². The van der Waals surface area contributed by atoms with Crippen LogP contribution < -0.4 is 19.5 Å². The maximum Gasteiger partial charge on any atom is 0.342 e. The summed E-state index contributed by atoms with van der Waals surface area (Å²) in [4.78, 5) is 25.0. The number of benzene rings is 3. The summed E-state index contributed by atoms with van der Waals surface area (Å²) in [5.41, 5.74) is 0.803. The van der Waals surface area contributed by atoms with E-state index in [0.29, 0.717) is 23.8 Å². The minimum absolute atomic E-state index is 0.233. The van der Waals surface area contributed by atoms with Gasteiger partial charge in [-0.05, 0) is 55.5 Å². The number of amides is 1. The highest BCUT2D eigenvalue weighted by Crippen LogP contribution is 2.20. The Hall–Kier alpha value is -4.00. The van der Waals surface area contributed by atoms with Crippen LogP contribution in [0.1, 0.15) is 17.3 Å². The fourth-order valence-electron chi connectivity index (χ4n) is 2.78. The van der Waals surface area contributed by atoms with Gasteiger partial charge in [-0.2, -0.15) is 0 Å². The molecule has 3 aromatic carbocycles. The lowest BCUT2D eigenvalue weighted by atomic mass is 10.2. The lowest BCUT2D eigenvalue weighted by Crippen LogP contribution is -2.30. The average molecular weight is 435 g/mol. The number of ether oxygens (including phenoxy) is 4. The number of hydrogen-bond acceptors (Lipinski definition) is 6. The van der Waals surface area contributed by atoms with Gasteiger partial charge in [-0.15, -0.1) is 0 Å². The van der Waals surface area contributed by atoms with Crippen molar-refractivity contribution in [3.63, 3.8) is 0 Å². The van der Waals surface area contributed by atoms with Crippen LogP contribution in [0, 0.1) is 0 Å². The molecular formula is C25H25NO6. The van der Waals surface area contributed by atoms with Gasteiger partial charge in [0, 0.05) is 5.69 Å². The van der Waals surface area contributed by atoms with E-state index in [9.17, 15) is 9.59 Å². The quantitative estimate of drug-likeness (QED) is 0.377. The largest absolute Gasteiger partial charge is 0.497 e. The molecule has 1 unspecified atom stereocenters. The smallest absolute Gasteiger partial charge is 0.342 e. The number of carbonyl (C=O) groups excluding carboxylic acids is 2. The van der Waals surface area contributed by atoms with Gasteiger partial charge < -0.3 is 24.3 Å². The van der Waals surface area contributed by atoms with Gasteiger partial charge in [-0.3, -0.25) is 4.79 Å². The third-order valence-electron chi connectivity index (χ3n) is 4.47. The zero-order valence-electron chi connectivity index (χ0n) is 17.9. The zero-order valence-corrected chi connectivity index (χ0v) is 17.9. The van der Waals surface area contributed by atoms with Crippen LogP contribution in [0.4, 0.5) is 5.69 Å². The van der Waals surface area contributed by atoms with Gasteiger partial charge >= 0.3 is 5.97 Å². The van der Waals surface area contributed by atoms with Crippen LogP contribution in [0.15, 0.2) is 78.9 Å². The number of para-hydroxylation sites is 2. The second kappa shape index (κ2) is 11.4. The summed E-state index contributed by atoms with van der Waals surface area (Å²) in [5, 5.41) is 2.70. The average Bonchev–Trinajstić information content (AvgIpc) is 2.83. The van der Waals surface area contributed by atoms with E-state index in [4.69, 9.17) is 18.9 Å². The van der Waals surface area contributed by atoms with Gasteiger partial charge in [0.1, 0.15) is 36.0 Å². The molecule has 0 fully saturated rings. The first-order chi connectivity index (χ1) is 15.6. The second-order valence-corrected chi connectivity index (χ2v) is 6.77. The summed E-state index contributed by atoms with van der Waals surface area (Å²) in [7, 11) is 1.56. The van der Waals surface area contributed by atoms with Crippen molar-refractivity contribution in [1.82, 2.24) is 0 Å². The molecule has 0 saturated carbocycles. The summed E-state index contributed by atoms with van der Waals surface area (Å²) < 4.78 is 21.7. The van der Waals surface area contributed by atoms with Crippen LogP contribution >= 0.6 is 0 Å². The molecule has 0 bridgehead atoms. The summed E-state index contributed by atoms with van der Waals surface area (Å²) in [6, 6.07) is 22.9. The molecule has 0 aliphatic heterocycles. The first kappa shape index (κ1) is 22.7. The molecule has 7 nitrogen and oxygen atoms in total. The Morgan fingerprint density at radius 2 is 1.47 bits per heavy atom. The Bertz CT molecular complexity index is 1020. The monoisotopic (exact) mass is 435 g/mol. The van der Waals surface area contributed by atoms with Gasteiger partial charge in [0.05, 0.1) is 7.11 Å². The highest BCUT2D eigenvalue weighted by molar-refractivity contribution is 5.98. The van der Waals surface area contributed by atoms with Crippen molar-refractivity contribution in [3.8, 4) is 17.2 Å². The highest BCUT2D eigenvalue weighted by Gasteiger charge is 2.21. The second-order valence-electron chi connectivity index (χ2n) is 6.77. The Morgan fingerprint density at radius 1 is 0.812 bits per heavy atom. The lowest BCUT2D eigenvalue weighted by Gasteiger charge is -2.16. The Labute approximate surface area is 186 Å². The molecule has 32 heavy (non-hydrogen) atoms. The summed E-state index contributed by atoms with van der Waals surface area (Å²) in [6.07, 6.45) is -1.00. The fourth-order valence-corrected chi connectivity index (χ4v) is 2.78. The van der Waals surface area contributed by atoms with Gasteiger partial charge in [0.15, 0.2) is 6.10 Å². The third-order valence-corrected chi connectivity index (χ3v) is 4.47. The Balaban J connectivity index is 1.52. The van der Waals surface area contributed by atoms with Crippen molar-refractivity contribution in [2.24, 2.45) is 0 Å². The Morgan fingerprint density at radius 3 is 2.19 bits per heavy atom. The number of hydrogen-bond donors (Lipinski definition) is 1. The molecule has 0 heterocycles. The van der Waals surface area contributed by atoms with Crippen LogP contribution in [-0.2, 0) is 9.53 Å². The highest BCUT2D eigenvalue weighted by atomic mass is 16.6. The van der Waals surface area contributed by atoms with Gasteiger partial charge in [0.25, 0.3) is 5.91 Å². The van der Waals surface area contributed by atoms with Crippen molar-refractivity contribution in [1.29, 1.82) is 0 Å². The molecule has 3 aromatic rings. The SMILES string of the molecule is COc1ccc(NC(=O)C(C)OC(=O)c2ccccc2OCCOc2ccccc2)cc1. The molecule has 1 amide bonds. The lowest BCUT2D eigenvalue weighted by molar-refractivity contribution is -0.123. The van der Waals surface area contributed by atoms with E-state index in [-0.39, 0.29) is 12.2 Å². The number of esters is 1. The predicted octanol–water partition coefficient (Wildman–Crippen LogP) is 4.34. The van der Waals surface area contributed by atoms with Crippen LogP contribution in [0.2, 0.25) is 0 Å². The van der Waals surface area contributed by atoms with E-state index in [1.807, 2.05) is 30.3 Å². The molecule has 0 radical (unpaired) electrons.